The van der Waals surface area contributed by atoms with Gasteiger partial charge in [-0.2, -0.15) is 0 Å². The van der Waals surface area contributed by atoms with Crippen molar-refractivity contribution in [3.05, 3.63) is 0 Å². The summed E-state index contributed by atoms with van der Waals surface area (Å²) in [6, 6.07) is 0. The number of hydrogen-bond donors (Lipinski definition) is 3. The minimum atomic E-state index is -0.632. The molecule has 0 aromatic heterocycles. The van der Waals surface area contributed by atoms with Crippen molar-refractivity contribution in [2.45, 2.75) is 57.9 Å². The van der Waals surface area contributed by atoms with Gasteiger partial charge in [0.25, 0.3) is 0 Å². The fourth-order valence-corrected chi connectivity index (χ4v) is 2.37. The summed E-state index contributed by atoms with van der Waals surface area (Å²) in [4.78, 5) is 12.0. The lowest BCUT2D eigenvalue weighted by molar-refractivity contribution is -0.126. The van der Waals surface area contributed by atoms with E-state index in [4.69, 9.17) is 10.8 Å². The number of carbonyl (C=O) groups excluding carboxylic acids is 1. The van der Waals surface area contributed by atoms with E-state index in [0.717, 1.165) is 38.5 Å². The second kappa shape index (κ2) is 5.83. The van der Waals surface area contributed by atoms with Crippen molar-refractivity contribution in [2.24, 2.45) is 11.1 Å². The molecule has 0 aliphatic heterocycles. The predicted octanol–water partition coefficient (Wildman–Crippen LogP) is 1.17. The smallest absolute Gasteiger partial charge is 0.240 e. The van der Waals surface area contributed by atoms with Crippen LogP contribution in [0.4, 0.5) is 0 Å². The summed E-state index contributed by atoms with van der Waals surface area (Å²) in [5, 5.41) is 11.8. The first-order chi connectivity index (χ1) is 7.90. The summed E-state index contributed by atoms with van der Waals surface area (Å²) in [6.45, 7) is 5.03. The molecule has 1 fully saturated rings. The molecule has 4 heteroatoms. The Morgan fingerprint density at radius 1 is 1.41 bits per heavy atom. The van der Waals surface area contributed by atoms with Crippen molar-refractivity contribution in [3.8, 4) is 0 Å². The van der Waals surface area contributed by atoms with Crippen molar-refractivity contribution in [1.82, 2.24) is 5.32 Å². The van der Waals surface area contributed by atoms with E-state index >= 15 is 0 Å². The number of amides is 1. The SMILES string of the molecule is CC(C)(CCCO)CNC(=O)C1(N)CCCC1. The molecule has 0 unspecified atom stereocenters. The lowest BCUT2D eigenvalue weighted by Crippen LogP contribution is -2.53. The van der Waals surface area contributed by atoms with Crippen LogP contribution in [0, 0.1) is 5.41 Å². The molecule has 0 spiro atoms. The summed E-state index contributed by atoms with van der Waals surface area (Å²) < 4.78 is 0. The summed E-state index contributed by atoms with van der Waals surface area (Å²) >= 11 is 0. The zero-order valence-corrected chi connectivity index (χ0v) is 11.1. The van der Waals surface area contributed by atoms with Crippen LogP contribution >= 0.6 is 0 Å². The minimum absolute atomic E-state index is 0.00734. The van der Waals surface area contributed by atoms with E-state index in [9.17, 15) is 4.79 Å². The maximum absolute atomic E-state index is 12.0. The third kappa shape index (κ3) is 4.28. The monoisotopic (exact) mass is 242 g/mol. The van der Waals surface area contributed by atoms with Gasteiger partial charge in [0.05, 0.1) is 5.54 Å². The standard InChI is InChI=1S/C13H26N2O2/c1-12(2,6-5-9-16)10-15-11(17)13(14)7-3-4-8-13/h16H,3-10,14H2,1-2H3,(H,15,17). The van der Waals surface area contributed by atoms with E-state index in [1.165, 1.54) is 0 Å². The van der Waals surface area contributed by atoms with Gasteiger partial charge in [-0.1, -0.05) is 26.7 Å². The molecule has 17 heavy (non-hydrogen) atoms. The molecule has 1 amide bonds. The second-order valence-corrected chi connectivity index (χ2v) is 6.04. The molecule has 0 saturated heterocycles. The Bertz CT molecular complexity index is 258. The van der Waals surface area contributed by atoms with Crippen LogP contribution in [0.1, 0.15) is 52.4 Å². The lowest BCUT2D eigenvalue weighted by atomic mass is 9.87. The number of hydrogen-bond acceptors (Lipinski definition) is 3. The van der Waals surface area contributed by atoms with Gasteiger partial charge in [-0.25, -0.2) is 0 Å². The van der Waals surface area contributed by atoms with Gasteiger partial charge in [0.2, 0.25) is 5.91 Å². The Hall–Kier alpha value is -0.610. The van der Waals surface area contributed by atoms with Gasteiger partial charge in [0.15, 0.2) is 0 Å². The summed E-state index contributed by atoms with van der Waals surface area (Å²) in [7, 11) is 0. The molecule has 4 N–H and O–H groups in total. The molecule has 0 atom stereocenters. The molecule has 1 aliphatic rings. The van der Waals surface area contributed by atoms with Gasteiger partial charge in [0.1, 0.15) is 0 Å². The predicted molar refractivity (Wildman–Crippen MR) is 68.5 cm³/mol. The fourth-order valence-electron chi connectivity index (χ4n) is 2.37. The van der Waals surface area contributed by atoms with Crippen molar-refractivity contribution in [3.63, 3.8) is 0 Å². The lowest BCUT2D eigenvalue weighted by Gasteiger charge is -2.28. The fraction of sp³-hybridized carbons (Fsp3) is 0.923. The van der Waals surface area contributed by atoms with Crippen LogP contribution in [0.5, 0.6) is 0 Å². The first kappa shape index (κ1) is 14.5. The minimum Gasteiger partial charge on any atom is -0.396 e. The van der Waals surface area contributed by atoms with E-state index < -0.39 is 5.54 Å². The topological polar surface area (TPSA) is 75.3 Å². The molecular formula is C13H26N2O2. The molecule has 0 heterocycles. The van der Waals surface area contributed by atoms with Gasteiger partial charge in [-0.05, 0) is 31.1 Å². The average Bonchev–Trinajstić information content (AvgIpc) is 2.72. The van der Waals surface area contributed by atoms with E-state index in [1.807, 2.05) is 0 Å². The number of nitrogens with one attached hydrogen (secondary N) is 1. The number of aliphatic hydroxyl groups excluding tert-OH is 1. The highest BCUT2D eigenvalue weighted by Crippen LogP contribution is 2.28. The van der Waals surface area contributed by atoms with E-state index in [2.05, 4.69) is 19.2 Å². The maximum atomic E-state index is 12.0. The normalized spacial score (nSPS) is 19.3. The molecule has 1 aliphatic carbocycles. The van der Waals surface area contributed by atoms with Gasteiger partial charge in [-0.3, -0.25) is 4.79 Å². The Balaban J connectivity index is 2.36. The molecule has 0 bridgehead atoms. The first-order valence-electron chi connectivity index (χ1n) is 6.58. The van der Waals surface area contributed by atoms with Crippen LogP contribution < -0.4 is 11.1 Å². The number of carbonyl (C=O) groups is 1. The highest BCUT2D eigenvalue weighted by atomic mass is 16.2. The maximum Gasteiger partial charge on any atom is 0.240 e. The molecular weight excluding hydrogens is 216 g/mol. The molecule has 0 aromatic carbocycles. The Kier molecular flexibility index (Phi) is 4.95. The largest absolute Gasteiger partial charge is 0.396 e. The van der Waals surface area contributed by atoms with Crippen LogP contribution in [-0.2, 0) is 4.79 Å². The number of aliphatic hydroxyl groups is 1. The van der Waals surface area contributed by atoms with Crippen molar-refractivity contribution in [2.75, 3.05) is 13.2 Å². The van der Waals surface area contributed by atoms with Gasteiger partial charge in [-0.15, -0.1) is 0 Å². The van der Waals surface area contributed by atoms with Gasteiger partial charge in [0, 0.05) is 13.2 Å². The van der Waals surface area contributed by atoms with Gasteiger partial charge < -0.3 is 16.2 Å². The molecule has 1 saturated carbocycles. The van der Waals surface area contributed by atoms with Gasteiger partial charge >= 0.3 is 0 Å². The zero-order chi connectivity index (χ0) is 12.9. The Morgan fingerprint density at radius 2 is 2.00 bits per heavy atom. The summed E-state index contributed by atoms with van der Waals surface area (Å²) in [6.07, 6.45) is 5.39. The summed E-state index contributed by atoms with van der Waals surface area (Å²) in [5.41, 5.74) is 5.47. The molecule has 1 rings (SSSR count). The van der Waals surface area contributed by atoms with Crippen LogP contribution in [-0.4, -0.2) is 29.7 Å². The van der Waals surface area contributed by atoms with Crippen LogP contribution in [0.25, 0.3) is 0 Å². The highest BCUT2D eigenvalue weighted by Gasteiger charge is 2.37. The third-order valence-electron chi connectivity index (χ3n) is 3.69. The molecule has 100 valence electrons. The van der Waals surface area contributed by atoms with E-state index in [0.29, 0.717) is 6.54 Å². The zero-order valence-electron chi connectivity index (χ0n) is 11.1. The van der Waals surface area contributed by atoms with Crippen LogP contribution in [0.2, 0.25) is 0 Å². The number of rotatable bonds is 6. The molecule has 4 nitrogen and oxygen atoms in total. The average molecular weight is 242 g/mol. The van der Waals surface area contributed by atoms with Crippen molar-refractivity contribution >= 4 is 5.91 Å². The molecule has 0 aromatic rings. The quantitative estimate of drug-likeness (QED) is 0.654. The van der Waals surface area contributed by atoms with Crippen molar-refractivity contribution in [1.29, 1.82) is 0 Å². The van der Waals surface area contributed by atoms with Crippen LogP contribution in [0.3, 0.4) is 0 Å². The highest BCUT2D eigenvalue weighted by molar-refractivity contribution is 5.86. The second-order valence-electron chi connectivity index (χ2n) is 6.04. The van der Waals surface area contributed by atoms with E-state index in [-0.39, 0.29) is 17.9 Å². The first-order valence-corrected chi connectivity index (χ1v) is 6.58. The van der Waals surface area contributed by atoms with E-state index in [1.54, 1.807) is 0 Å². The number of nitrogens with two attached hydrogens (primary N) is 1. The summed E-state index contributed by atoms with van der Waals surface area (Å²) in [5.74, 6) is -0.00734. The van der Waals surface area contributed by atoms with Crippen molar-refractivity contribution < 1.29 is 9.90 Å². The molecule has 0 radical (unpaired) electrons. The Morgan fingerprint density at radius 3 is 2.53 bits per heavy atom. The van der Waals surface area contributed by atoms with Crippen LogP contribution in [0.15, 0.2) is 0 Å². The Labute approximate surface area is 104 Å². The third-order valence-corrected chi connectivity index (χ3v) is 3.69.